The number of aliphatic carboxylic acids is 1. The monoisotopic (exact) mass is 251 g/mol. The van der Waals surface area contributed by atoms with Crippen LogP contribution in [-0.2, 0) is 4.79 Å². The van der Waals surface area contributed by atoms with Crippen LogP contribution in [0.2, 0.25) is 0 Å². The number of amides is 1. The van der Waals surface area contributed by atoms with Crippen LogP contribution in [0.5, 0.6) is 5.75 Å². The molecular formula is C12H10FNO4. The first-order valence-corrected chi connectivity index (χ1v) is 4.89. The molecule has 0 spiro atoms. The van der Waals surface area contributed by atoms with Crippen LogP contribution in [0, 0.1) is 18.2 Å². The van der Waals surface area contributed by atoms with E-state index in [4.69, 9.17) is 11.5 Å². The van der Waals surface area contributed by atoms with Gasteiger partial charge in [-0.3, -0.25) is 9.59 Å². The number of carboxylic acid groups (broad SMARTS) is 1. The van der Waals surface area contributed by atoms with Gasteiger partial charge in [-0.05, 0) is 12.1 Å². The van der Waals surface area contributed by atoms with E-state index in [1.54, 1.807) is 0 Å². The number of nitrogens with zero attached hydrogens (tertiary/aromatic N) is 1. The Morgan fingerprint density at radius 2 is 2.11 bits per heavy atom. The highest BCUT2D eigenvalue weighted by atomic mass is 19.1. The molecule has 94 valence electrons. The molecule has 0 heterocycles. The Balaban J connectivity index is 3.10. The molecule has 5 nitrogen and oxygen atoms in total. The molecule has 0 aliphatic carbocycles. The Bertz CT molecular complexity index is 501. The fourth-order valence-corrected chi connectivity index (χ4v) is 1.36. The van der Waals surface area contributed by atoms with Crippen molar-refractivity contribution in [2.75, 3.05) is 13.1 Å². The van der Waals surface area contributed by atoms with Gasteiger partial charge in [-0.15, -0.1) is 6.42 Å². The molecular weight excluding hydrogens is 241 g/mol. The molecule has 0 bridgehead atoms. The van der Waals surface area contributed by atoms with Gasteiger partial charge in [0, 0.05) is 0 Å². The summed E-state index contributed by atoms with van der Waals surface area (Å²) >= 11 is 0. The van der Waals surface area contributed by atoms with E-state index < -0.39 is 35.6 Å². The van der Waals surface area contributed by atoms with Gasteiger partial charge in [0.05, 0.1) is 6.54 Å². The van der Waals surface area contributed by atoms with Crippen molar-refractivity contribution >= 4 is 11.9 Å². The lowest BCUT2D eigenvalue weighted by Gasteiger charge is -2.18. The van der Waals surface area contributed by atoms with Gasteiger partial charge in [-0.25, -0.2) is 4.39 Å². The summed E-state index contributed by atoms with van der Waals surface area (Å²) in [4.78, 5) is 23.2. The molecule has 0 unspecified atom stereocenters. The van der Waals surface area contributed by atoms with Crippen LogP contribution in [-0.4, -0.2) is 40.1 Å². The van der Waals surface area contributed by atoms with Gasteiger partial charge in [0.1, 0.15) is 23.7 Å². The highest BCUT2D eigenvalue weighted by molar-refractivity contribution is 5.98. The molecule has 1 rings (SSSR count). The maximum atomic E-state index is 13.4. The summed E-state index contributed by atoms with van der Waals surface area (Å²) in [5.41, 5.74) is -0.589. The minimum absolute atomic E-state index is 0.293. The number of carbonyl (C=O) groups excluding carboxylic acids is 1. The van der Waals surface area contributed by atoms with Gasteiger partial charge in [0.15, 0.2) is 0 Å². The molecule has 1 amide bonds. The van der Waals surface area contributed by atoms with E-state index in [1.807, 2.05) is 0 Å². The molecule has 0 saturated carbocycles. The average Bonchev–Trinajstić information content (AvgIpc) is 2.27. The van der Waals surface area contributed by atoms with Crippen LogP contribution in [0.1, 0.15) is 10.4 Å². The number of aromatic hydroxyl groups is 1. The highest BCUT2D eigenvalue weighted by Gasteiger charge is 2.23. The number of benzene rings is 1. The lowest BCUT2D eigenvalue weighted by atomic mass is 10.1. The first kappa shape index (κ1) is 13.5. The number of phenolic OH excluding ortho intramolecular Hbond substituents is 1. The maximum absolute atomic E-state index is 13.4. The van der Waals surface area contributed by atoms with E-state index in [2.05, 4.69) is 5.92 Å². The van der Waals surface area contributed by atoms with Crippen LogP contribution >= 0.6 is 0 Å². The number of carboxylic acids is 1. The number of carbonyl (C=O) groups is 2. The summed E-state index contributed by atoms with van der Waals surface area (Å²) in [6.07, 6.45) is 5.00. The van der Waals surface area contributed by atoms with Gasteiger partial charge in [-0.1, -0.05) is 12.0 Å². The number of hydrogen-bond acceptors (Lipinski definition) is 3. The SMILES string of the molecule is C#CCN(CC(=O)O)C(=O)c1c(O)cccc1F. The lowest BCUT2D eigenvalue weighted by molar-refractivity contribution is -0.137. The van der Waals surface area contributed by atoms with Crippen molar-refractivity contribution in [1.82, 2.24) is 4.90 Å². The van der Waals surface area contributed by atoms with Gasteiger partial charge < -0.3 is 15.1 Å². The third-order valence-corrected chi connectivity index (χ3v) is 2.10. The molecule has 1 aromatic rings. The molecule has 1 aromatic carbocycles. The molecule has 6 heteroatoms. The Morgan fingerprint density at radius 3 is 2.61 bits per heavy atom. The number of terminal acetylenes is 1. The van der Waals surface area contributed by atoms with Crippen molar-refractivity contribution in [2.24, 2.45) is 0 Å². The van der Waals surface area contributed by atoms with Crippen molar-refractivity contribution < 1.29 is 24.2 Å². The van der Waals surface area contributed by atoms with Crippen LogP contribution in [0.25, 0.3) is 0 Å². The summed E-state index contributed by atoms with van der Waals surface area (Å²) in [5, 5.41) is 18.1. The van der Waals surface area contributed by atoms with E-state index in [-0.39, 0.29) is 6.54 Å². The Morgan fingerprint density at radius 1 is 1.44 bits per heavy atom. The summed E-state index contributed by atoms with van der Waals surface area (Å²) in [7, 11) is 0. The maximum Gasteiger partial charge on any atom is 0.323 e. The van der Waals surface area contributed by atoms with Gasteiger partial charge in [0.2, 0.25) is 0 Å². The second-order valence-corrected chi connectivity index (χ2v) is 3.39. The van der Waals surface area contributed by atoms with E-state index in [9.17, 15) is 19.1 Å². The predicted molar refractivity (Wildman–Crippen MR) is 60.4 cm³/mol. The number of hydrogen-bond donors (Lipinski definition) is 2. The number of halogens is 1. The predicted octanol–water partition coefficient (Wildman–Crippen LogP) is 0.691. The van der Waals surface area contributed by atoms with Crippen molar-refractivity contribution in [3.8, 4) is 18.1 Å². The van der Waals surface area contributed by atoms with E-state index in [1.165, 1.54) is 6.07 Å². The summed E-state index contributed by atoms with van der Waals surface area (Å²) in [6, 6.07) is 3.34. The fraction of sp³-hybridized carbons (Fsp3) is 0.167. The van der Waals surface area contributed by atoms with Crippen molar-refractivity contribution in [3.05, 3.63) is 29.6 Å². The first-order valence-electron chi connectivity index (χ1n) is 4.89. The molecule has 0 aromatic heterocycles. The normalized spacial score (nSPS) is 9.56. The van der Waals surface area contributed by atoms with E-state index in [0.29, 0.717) is 0 Å². The first-order chi connectivity index (χ1) is 8.47. The minimum atomic E-state index is -1.28. The van der Waals surface area contributed by atoms with Crippen LogP contribution < -0.4 is 0 Å². The van der Waals surface area contributed by atoms with Gasteiger partial charge in [-0.2, -0.15) is 0 Å². The fourth-order valence-electron chi connectivity index (χ4n) is 1.36. The Labute approximate surface area is 102 Å². The smallest absolute Gasteiger partial charge is 0.323 e. The molecule has 0 saturated heterocycles. The molecule has 18 heavy (non-hydrogen) atoms. The lowest BCUT2D eigenvalue weighted by Crippen LogP contribution is -2.36. The second kappa shape index (κ2) is 5.68. The average molecular weight is 251 g/mol. The quantitative estimate of drug-likeness (QED) is 0.772. The van der Waals surface area contributed by atoms with Gasteiger partial charge in [0.25, 0.3) is 5.91 Å². The van der Waals surface area contributed by atoms with Crippen molar-refractivity contribution in [3.63, 3.8) is 0 Å². The molecule has 0 atom stereocenters. The zero-order valence-corrected chi connectivity index (χ0v) is 9.26. The van der Waals surface area contributed by atoms with Crippen molar-refractivity contribution in [2.45, 2.75) is 0 Å². The van der Waals surface area contributed by atoms with Crippen LogP contribution in [0.3, 0.4) is 0 Å². The highest BCUT2D eigenvalue weighted by Crippen LogP contribution is 2.21. The van der Waals surface area contributed by atoms with Crippen molar-refractivity contribution in [1.29, 1.82) is 0 Å². The number of rotatable bonds is 4. The van der Waals surface area contributed by atoms with Gasteiger partial charge >= 0.3 is 5.97 Å². The third-order valence-electron chi connectivity index (χ3n) is 2.10. The van der Waals surface area contributed by atoms with Crippen LogP contribution in [0.15, 0.2) is 18.2 Å². The largest absolute Gasteiger partial charge is 0.507 e. The van der Waals surface area contributed by atoms with E-state index in [0.717, 1.165) is 17.0 Å². The van der Waals surface area contributed by atoms with E-state index >= 15 is 0 Å². The summed E-state index contributed by atoms with van der Waals surface area (Å²) in [6.45, 7) is -0.963. The van der Waals surface area contributed by atoms with Crippen LogP contribution in [0.4, 0.5) is 4.39 Å². The topological polar surface area (TPSA) is 77.8 Å². The second-order valence-electron chi connectivity index (χ2n) is 3.39. The third kappa shape index (κ3) is 2.98. The summed E-state index contributed by atoms with van der Waals surface area (Å²) < 4.78 is 13.4. The Kier molecular flexibility index (Phi) is 4.27. The summed E-state index contributed by atoms with van der Waals surface area (Å²) in [5.74, 6) is -1.65. The minimum Gasteiger partial charge on any atom is -0.507 e. The molecule has 0 fully saturated rings. The zero-order chi connectivity index (χ0) is 13.7. The number of phenols is 1. The molecule has 0 radical (unpaired) electrons. The molecule has 0 aliphatic rings. The Hall–Kier alpha value is -2.55. The standard InChI is InChI=1S/C12H10FNO4/c1-2-6-14(7-10(16)17)12(18)11-8(13)4-3-5-9(11)15/h1,3-5,15H,6-7H2,(H,16,17). The zero-order valence-electron chi connectivity index (χ0n) is 9.26. The molecule has 0 aliphatic heterocycles. The molecule has 2 N–H and O–H groups in total.